The predicted octanol–water partition coefficient (Wildman–Crippen LogP) is 2.75. The Bertz CT molecular complexity index is 886. The molecule has 27 heavy (non-hydrogen) atoms. The molecule has 2 heterocycles. The van der Waals surface area contributed by atoms with Crippen molar-refractivity contribution in [2.45, 2.75) is 37.3 Å². The monoisotopic (exact) mass is 452 g/mol. The predicted molar refractivity (Wildman–Crippen MR) is 111 cm³/mol. The minimum absolute atomic E-state index is 0.0356. The van der Waals surface area contributed by atoms with Gasteiger partial charge in [0, 0.05) is 23.3 Å². The largest absolute Gasteiger partial charge is 0.323 e. The summed E-state index contributed by atoms with van der Waals surface area (Å²) in [5.74, 6) is 0.202. The van der Waals surface area contributed by atoms with Gasteiger partial charge in [-0.2, -0.15) is 0 Å². The summed E-state index contributed by atoms with van der Waals surface area (Å²) >= 11 is 9.79. The topological polar surface area (TPSA) is 75.2 Å². The molecule has 0 radical (unpaired) electrons. The number of carbonyl (C=O) groups excluding carboxylic acids is 1. The Hall–Kier alpha value is -1.67. The second-order valence-corrected chi connectivity index (χ2v) is 8.41. The van der Waals surface area contributed by atoms with Gasteiger partial charge in [0.25, 0.3) is 5.56 Å². The van der Waals surface area contributed by atoms with Gasteiger partial charge in [-0.05, 0) is 23.6 Å². The number of hydrogen-bond donors (Lipinski definition) is 3. The van der Waals surface area contributed by atoms with E-state index < -0.39 is 6.04 Å². The average Bonchev–Trinajstić information content (AvgIpc) is 3.01. The Balaban J connectivity index is 1.74. The first kappa shape index (κ1) is 20.1. The Morgan fingerprint density at radius 2 is 2.00 bits per heavy atom. The van der Waals surface area contributed by atoms with Crippen molar-refractivity contribution < 1.29 is 4.79 Å². The van der Waals surface area contributed by atoms with Gasteiger partial charge in [-0.3, -0.25) is 15.0 Å². The van der Waals surface area contributed by atoms with Crippen LogP contribution in [0.4, 0.5) is 5.69 Å². The quantitative estimate of drug-likeness (QED) is 0.609. The van der Waals surface area contributed by atoms with Gasteiger partial charge in [-0.15, -0.1) is 0 Å². The first-order chi connectivity index (χ1) is 12.9. The summed E-state index contributed by atoms with van der Waals surface area (Å²) in [6, 6.07) is 10.1. The zero-order valence-electron chi connectivity index (χ0n) is 15.1. The molecule has 3 rings (SSSR count). The Labute approximate surface area is 171 Å². The van der Waals surface area contributed by atoms with Crippen molar-refractivity contribution in [3.63, 3.8) is 0 Å². The van der Waals surface area contributed by atoms with Gasteiger partial charge in [0.05, 0.1) is 17.1 Å². The van der Waals surface area contributed by atoms with Crippen molar-refractivity contribution in [3.8, 4) is 0 Å². The van der Waals surface area contributed by atoms with E-state index in [2.05, 4.69) is 45.9 Å². The van der Waals surface area contributed by atoms with Gasteiger partial charge in [0.15, 0.2) is 0 Å². The Morgan fingerprint density at radius 3 is 2.67 bits per heavy atom. The van der Waals surface area contributed by atoms with E-state index in [0.29, 0.717) is 23.2 Å². The number of hydrogen-bond acceptors (Lipinski definition) is 4. The van der Waals surface area contributed by atoms with Crippen LogP contribution in [-0.2, 0) is 11.3 Å². The summed E-state index contributed by atoms with van der Waals surface area (Å²) in [4.78, 5) is 24.8. The molecule has 0 saturated carbocycles. The molecule has 144 valence electrons. The lowest BCUT2D eigenvalue weighted by Gasteiger charge is -2.19. The fraction of sp³-hybridized carbons (Fsp3) is 0.368. The minimum Gasteiger partial charge on any atom is -0.323 e. The molecule has 1 aliphatic rings. The number of halogens is 2. The molecule has 1 aliphatic heterocycles. The molecule has 3 unspecified atom stereocenters. The Morgan fingerprint density at radius 1 is 1.26 bits per heavy atom. The molecule has 3 atom stereocenters. The number of alkyl halides is 1. The maximum Gasteiger partial charge on any atom is 0.250 e. The zero-order chi connectivity index (χ0) is 19.6. The van der Waals surface area contributed by atoms with Crippen molar-refractivity contribution >= 4 is 39.1 Å². The number of hydrazine groups is 1. The number of nitrogens with zero attached hydrogens (tertiary/aromatic N) is 1. The summed E-state index contributed by atoms with van der Waals surface area (Å²) in [7, 11) is 0. The lowest BCUT2D eigenvalue weighted by molar-refractivity contribution is -0.117. The van der Waals surface area contributed by atoms with Crippen molar-refractivity contribution in [1.82, 2.24) is 15.4 Å². The van der Waals surface area contributed by atoms with E-state index >= 15 is 0 Å². The van der Waals surface area contributed by atoms with Crippen molar-refractivity contribution in [2.75, 3.05) is 5.32 Å². The standard InChI is InChI=1S/C19H22BrClN4O2/c1-11(2)17-16(20)18(24-23-17)19(27)22-13-7-8-15(26)25(10-13)9-12-5-3-4-6-14(12)21/h3-8,10-11,16-18,23-24H,9H2,1-2H3,(H,22,27). The molecular weight excluding hydrogens is 432 g/mol. The molecule has 2 aromatic rings. The number of anilines is 1. The summed E-state index contributed by atoms with van der Waals surface area (Å²) in [5.41, 5.74) is 7.43. The highest BCUT2D eigenvalue weighted by molar-refractivity contribution is 9.09. The number of nitrogens with one attached hydrogen (secondary N) is 3. The highest BCUT2D eigenvalue weighted by atomic mass is 79.9. The summed E-state index contributed by atoms with van der Waals surface area (Å²) in [6.07, 6.45) is 1.63. The SMILES string of the molecule is CC(C)C1NNC(C(=O)Nc2ccc(=O)n(Cc3ccccc3Cl)c2)C1Br. The first-order valence-corrected chi connectivity index (χ1v) is 10.1. The maximum atomic E-state index is 12.6. The van der Waals surface area contributed by atoms with Gasteiger partial charge in [0.1, 0.15) is 6.04 Å². The summed E-state index contributed by atoms with van der Waals surface area (Å²) in [6.45, 7) is 4.53. The van der Waals surface area contributed by atoms with Crippen LogP contribution in [-0.4, -0.2) is 27.4 Å². The van der Waals surface area contributed by atoms with Crippen molar-refractivity contribution in [3.05, 3.63) is 63.5 Å². The normalized spacial score (nSPS) is 22.2. The van der Waals surface area contributed by atoms with Crippen LogP contribution in [0, 0.1) is 5.92 Å². The molecule has 1 saturated heterocycles. The molecule has 1 aromatic heterocycles. The lowest BCUT2D eigenvalue weighted by Crippen LogP contribution is -2.42. The van der Waals surface area contributed by atoms with Crippen LogP contribution in [0.1, 0.15) is 19.4 Å². The molecule has 8 heteroatoms. The highest BCUT2D eigenvalue weighted by Gasteiger charge is 2.39. The molecule has 0 aliphatic carbocycles. The van der Waals surface area contributed by atoms with Crippen molar-refractivity contribution in [1.29, 1.82) is 0 Å². The smallest absolute Gasteiger partial charge is 0.250 e. The third-order valence-electron chi connectivity index (χ3n) is 4.62. The van der Waals surface area contributed by atoms with Crippen LogP contribution in [0.2, 0.25) is 5.02 Å². The minimum atomic E-state index is -0.415. The molecular formula is C19H22BrClN4O2. The fourth-order valence-electron chi connectivity index (χ4n) is 3.06. The van der Waals surface area contributed by atoms with Crippen molar-refractivity contribution in [2.24, 2.45) is 5.92 Å². The van der Waals surface area contributed by atoms with E-state index in [0.717, 1.165) is 5.56 Å². The van der Waals surface area contributed by atoms with Crippen LogP contribution in [0.15, 0.2) is 47.4 Å². The van der Waals surface area contributed by atoms with Gasteiger partial charge in [-0.1, -0.05) is 59.6 Å². The number of amides is 1. The van der Waals surface area contributed by atoms with Gasteiger partial charge in [-0.25, -0.2) is 5.43 Å². The van der Waals surface area contributed by atoms with Crippen LogP contribution < -0.4 is 21.7 Å². The number of benzene rings is 1. The highest BCUT2D eigenvalue weighted by Crippen LogP contribution is 2.22. The third kappa shape index (κ3) is 4.60. The summed E-state index contributed by atoms with van der Waals surface area (Å²) in [5, 5.41) is 3.48. The third-order valence-corrected chi connectivity index (χ3v) is 6.08. The number of rotatable bonds is 5. The fourth-order valence-corrected chi connectivity index (χ4v) is 4.37. The lowest BCUT2D eigenvalue weighted by atomic mass is 9.99. The molecule has 0 spiro atoms. The molecule has 1 aromatic carbocycles. The second-order valence-electron chi connectivity index (χ2n) is 6.95. The first-order valence-electron chi connectivity index (χ1n) is 8.76. The van der Waals surface area contributed by atoms with E-state index in [1.165, 1.54) is 10.6 Å². The van der Waals surface area contributed by atoms with Crippen LogP contribution >= 0.6 is 27.5 Å². The van der Waals surface area contributed by atoms with Gasteiger partial charge < -0.3 is 9.88 Å². The van der Waals surface area contributed by atoms with E-state index in [1.807, 2.05) is 18.2 Å². The molecule has 0 bridgehead atoms. The van der Waals surface area contributed by atoms with Gasteiger partial charge in [0.2, 0.25) is 5.91 Å². The number of carbonyl (C=O) groups is 1. The van der Waals surface area contributed by atoms with Crippen LogP contribution in [0.5, 0.6) is 0 Å². The van der Waals surface area contributed by atoms with E-state index in [9.17, 15) is 9.59 Å². The molecule has 6 nitrogen and oxygen atoms in total. The van der Waals surface area contributed by atoms with Crippen LogP contribution in [0.3, 0.4) is 0 Å². The number of aromatic nitrogens is 1. The van der Waals surface area contributed by atoms with Crippen LogP contribution in [0.25, 0.3) is 0 Å². The van der Waals surface area contributed by atoms with E-state index in [4.69, 9.17) is 11.6 Å². The second kappa shape index (κ2) is 8.56. The zero-order valence-corrected chi connectivity index (χ0v) is 17.4. The number of pyridine rings is 1. The molecule has 3 N–H and O–H groups in total. The van der Waals surface area contributed by atoms with Gasteiger partial charge >= 0.3 is 0 Å². The maximum absolute atomic E-state index is 12.6. The van der Waals surface area contributed by atoms with E-state index in [1.54, 1.807) is 18.3 Å². The van der Waals surface area contributed by atoms with E-state index in [-0.39, 0.29) is 22.3 Å². The summed E-state index contributed by atoms with van der Waals surface area (Å²) < 4.78 is 1.53. The Kier molecular flexibility index (Phi) is 6.37. The molecule has 1 fully saturated rings. The molecule has 1 amide bonds. The average molecular weight is 454 g/mol.